The second-order valence-corrected chi connectivity index (χ2v) is 10.6. The molecule has 1 amide bonds. The van der Waals surface area contributed by atoms with Crippen LogP contribution in [-0.4, -0.2) is 42.6 Å². The minimum atomic E-state index is -3.89. The van der Waals surface area contributed by atoms with Crippen molar-refractivity contribution in [3.63, 3.8) is 0 Å². The van der Waals surface area contributed by atoms with Crippen molar-refractivity contribution >= 4 is 67.1 Å². The van der Waals surface area contributed by atoms with E-state index < -0.39 is 43.3 Å². The van der Waals surface area contributed by atoms with E-state index in [1.165, 1.54) is 6.92 Å². The number of sulfone groups is 1. The average molecular weight is 544 g/mol. The van der Waals surface area contributed by atoms with Crippen molar-refractivity contribution in [2.75, 3.05) is 11.6 Å². The Hall–Kier alpha value is -3.06. The van der Waals surface area contributed by atoms with Gasteiger partial charge in [-0.05, 0) is 31.2 Å². The van der Waals surface area contributed by atoms with Crippen molar-refractivity contribution < 1.29 is 27.7 Å². The van der Waals surface area contributed by atoms with Crippen LogP contribution < -0.4 is 5.32 Å². The Morgan fingerprint density at radius 1 is 1.18 bits per heavy atom. The zero-order chi connectivity index (χ0) is 25.2. The van der Waals surface area contributed by atoms with Crippen molar-refractivity contribution in [2.24, 2.45) is 0 Å². The molecule has 1 heterocycles. The van der Waals surface area contributed by atoms with Crippen LogP contribution in [0.15, 0.2) is 46.7 Å². The predicted octanol–water partition coefficient (Wildman–Crippen LogP) is 4.61. The molecule has 10 nitrogen and oxygen atoms in total. The fraction of sp³-hybridized carbons (Fsp3) is 0.150. The Balaban J connectivity index is 1.70. The number of nitro groups is 1. The Morgan fingerprint density at radius 2 is 1.88 bits per heavy atom. The first-order chi connectivity index (χ1) is 15.9. The van der Waals surface area contributed by atoms with Gasteiger partial charge in [-0.3, -0.25) is 20.2 Å². The van der Waals surface area contributed by atoms with Gasteiger partial charge >= 0.3 is 5.97 Å². The number of benzene rings is 2. The number of thiazole rings is 1. The summed E-state index contributed by atoms with van der Waals surface area (Å²) in [4.78, 5) is 38.9. The SMILES string of the molecule is CC(OC(=O)c1ccc(S(C)(=O)=O)c([N+](=O)[O-])c1)C(=O)Nc1nc(-c2ccc(Cl)c(Cl)c2)cs1. The lowest BCUT2D eigenvalue weighted by molar-refractivity contribution is -0.387. The third kappa shape index (κ3) is 5.89. The van der Waals surface area contributed by atoms with E-state index in [4.69, 9.17) is 27.9 Å². The number of rotatable bonds is 7. The summed E-state index contributed by atoms with van der Waals surface area (Å²) in [6, 6.07) is 7.76. The average Bonchev–Trinajstić information content (AvgIpc) is 3.22. The summed E-state index contributed by atoms with van der Waals surface area (Å²) in [7, 11) is -3.89. The number of hydrogen-bond donors (Lipinski definition) is 1. The maximum Gasteiger partial charge on any atom is 0.339 e. The van der Waals surface area contributed by atoms with Crippen molar-refractivity contribution in [3.05, 3.63) is 67.5 Å². The van der Waals surface area contributed by atoms with Crippen LogP contribution >= 0.6 is 34.5 Å². The number of nitrogens with one attached hydrogen (secondary N) is 1. The van der Waals surface area contributed by atoms with Gasteiger partial charge in [-0.2, -0.15) is 0 Å². The molecule has 0 aliphatic heterocycles. The maximum absolute atomic E-state index is 12.4. The van der Waals surface area contributed by atoms with Crippen LogP contribution in [0.2, 0.25) is 10.0 Å². The largest absolute Gasteiger partial charge is 0.449 e. The second-order valence-electron chi connectivity index (χ2n) is 6.92. The van der Waals surface area contributed by atoms with E-state index in [1.54, 1.807) is 23.6 Å². The van der Waals surface area contributed by atoms with E-state index in [-0.39, 0.29) is 10.7 Å². The number of nitro benzene ring substituents is 1. The molecule has 1 unspecified atom stereocenters. The smallest absolute Gasteiger partial charge is 0.339 e. The summed E-state index contributed by atoms with van der Waals surface area (Å²) < 4.78 is 28.5. The van der Waals surface area contributed by atoms with Crippen LogP contribution in [0, 0.1) is 10.1 Å². The Labute approximate surface area is 207 Å². The van der Waals surface area contributed by atoms with Crippen LogP contribution in [0.3, 0.4) is 0 Å². The van der Waals surface area contributed by atoms with E-state index in [1.807, 2.05) is 0 Å². The Bertz CT molecular complexity index is 1410. The molecule has 1 aromatic heterocycles. The minimum absolute atomic E-state index is 0.238. The highest BCUT2D eigenvalue weighted by atomic mass is 35.5. The minimum Gasteiger partial charge on any atom is -0.449 e. The number of carbonyl (C=O) groups excluding carboxylic acids is 2. The van der Waals surface area contributed by atoms with E-state index in [2.05, 4.69) is 10.3 Å². The van der Waals surface area contributed by atoms with Crippen LogP contribution in [0.25, 0.3) is 11.3 Å². The summed E-state index contributed by atoms with van der Waals surface area (Å²) in [5, 5.41) is 16.4. The van der Waals surface area contributed by atoms with Crippen LogP contribution in [0.1, 0.15) is 17.3 Å². The van der Waals surface area contributed by atoms with Crippen molar-refractivity contribution in [1.29, 1.82) is 0 Å². The quantitative estimate of drug-likeness (QED) is 0.258. The third-order valence-corrected chi connectivity index (χ3v) is 7.03. The second kappa shape index (κ2) is 10.1. The summed E-state index contributed by atoms with van der Waals surface area (Å²) in [5.74, 6) is -1.73. The highest BCUT2D eigenvalue weighted by molar-refractivity contribution is 7.90. The van der Waals surface area contributed by atoms with Gasteiger partial charge in [0.05, 0.1) is 26.2 Å². The molecule has 0 bridgehead atoms. The van der Waals surface area contributed by atoms with Gasteiger partial charge in [0.25, 0.3) is 11.6 Å². The molecule has 3 aromatic rings. The molecular formula is C20H15Cl2N3O7S2. The number of ether oxygens (including phenoxy) is 1. The highest BCUT2D eigenvalue weighted by Crippen LogP contribution is 2.30. The third-order valence-electron chi connectivity index (χ3n) is 4.39. The molecule has 14 heteroatoms. The van der Waals surface area contributed by atoms with Gasteiger partial charge in [-0.25, -0.2) is 18.2 Å². The van der Waals surface area contributed by atoms with Crippen LogP contribution in [0.4, 0.5) is 10.8 Å². The number of nitrogens with zero attached hydrogens (tertiary/aromatic N) is 2. The van der Waals surface area contributed by atoms with Gasteiger partial charge in [0, 0.05) is 23.3 Å². The topological polar surface area (TPSA) is 146 Å². The Morgan fingerprint density at radius 3 is 2.50 bits per heavy atom. The first kappa shape index (κ1) is 25.6. The number of carbonyl (C=O) groups is 2. The molecule has 178 valence electrons. The molecule has 2 aromatic carbocycles. The summed E-state index contributed by atoms with van der Waals surface area (Å²) >= 11 is 13.1. The lowest BCUT2D eigenvalue weighted by Crippen LogP contribution is -2.30. The van der Waals surface area contributed by atoms with Gasteiger partial charge in [0.1, 0.15) is 4.90 Å². The van der Waals surface area contributed by atoms with E-state index in [0.29, 0.717) is 21.3 Å². The molecule has 0 saturated carbocycles. The summed E-state index contributed by atoms with van der Waals surface area (Å²) in [6.07, 6.45) is -0.468. The number of anilines is 1. The van der Waals surface area contributed by atoms with Gasteiger partial charge in [-0.15, -0.1) is 11.3 Å². The van der Waals surface area contributed by atoms with Crippen molar-refractivity contribution in [3.8, 4) is 11.3 Å². The Kier molecular flexibility index (Phi) is 7.56. The molecule has 3 rings (SSSR count). The molecule has 0 spiro atoms. The fourth-order valence-corrected chi connectivity index (χ4v) is 4.56. The highest BCUT2D eigenvalue weighted by Gasteiger charge is 2.26. The number of hydrogen-bond acceptors (Lipinski definition) is 9. The van der Waals surface area contributed by atoms with Gasteiger partial charge in [0.15, 0.2) is 21.1 Å². The predicted molar refractivity (Wildman–Crippen MR) is 127 cm³/mol. The maximum atomic E-state index is 12.4. The molecule has 0 saturated heterocycles. The molecule has 1 atom stereocenters. The van der Waals surface area contributed by atoms with Crippen LogP contribution in [0.5, 0.6) is 0 Å². The first-order valence-electron chi connectivity index (χ1n) is 9.28. The van der Waals surface area contributed by atoms with E-state index in [9.17, 15) is 28.1 Å². The zero-order valence-electron chi connectivity index (χ0n) is 17.4. The molecule has 0 fully saturated rings. The standard InChI is InChI=1S/C20H15Cl2N3O7S2/c1-10(32-19(27)12-4-6-17(34(2,30)31)16(8-12)25(28)29)18(26)24-20-23-15(9-33-20)11-3-5-13(21)14(22)7-11/h3-10H,1-2H3,(H,23,24,26). The van der Waals surface area contributed by atoms with Gasteiger partial charge in [0.2, 0.25) is 0 Å². The zero-order valence-corrected chi connectivity index (χ0v) is 20.6. The molecule has 0 radical (unpaired) electrons. The van der Waals surface area contributed by atoms with Crippen LogP contribution in [-0.2, 0) is 19.4 Å². The molecule has 1 N–H and O–H groups in total. The number of halogens is 2. The molecule has 0 aliphatic carbocycles. The van der Waals surface area contributed by atoms with Crippen molar-refractivity contribution in [2.45, 2.75) is 17.9 Å². The monoisotopic (exact) mass is 543 g/mol. The lowest BCUT2D eigenvalue weighted by Gasteiger charge is -2.12. The molecular weight excluding hydrogens is 529 g/mol. The van der Waals surface area contributed by atoms with Crippen molar-refractivity contribution in [1.82, 2.24) is 4.98 Å². The van der Waals surface area contributed by atoms with E-state index in [0.717, 1.165) is 35.8 Å². The summed E-state index contributed by atoms with van der Waals surface area (Å²) in [5.41, 5.74) is 0.174. The van der Waals surface area contributed by atoms with Gasteiger partial charge < -0.3 is 4.74 Å². The normalized spacial score (nSPS) is 12.1. The fourth-order valence-electron chi connectivity index (χ4n) is 2.71. The molecule has 34 heavy (non-hydrogen) atoms. The number of esters is 1. The lowest BCUT2D eigenvalue weighted by atomic mass is 10.2. The summed E-state index contributed by atoms with van der Waals surface area (Å²) in [6.45, 7) is 1.31. The first-order valence-corrected chi connectivity index (χ1v) is 12.8. The van der Waals surface area contributed by atoms with Gasteiger partial charge in [-0.1, -0.05) is 29.3 Å². The van der Waals surface area contributed by atoms with E-state index >= 15 is 0 Å². The molecule has 0 aliphatic rings. The number of amides is 1. The number of aromatic nitrogens is 1.